The van der Waals surface area contributed by atoms with Gasteiger partial charge in [0.25, 0.3) is 0 Å². The van der Waals surface area contributed by atoms with Gasteiger partial charge in [0.05, 0.1) is 7.11 Å². The first kappa shape index (κ1) is 21.0. The molecule has 0 spiro atoms. The van der Waals surface area contributed by atoms with E-state index in [9.17, 15) is 9.59 Å². The summed E-state index contributed by atoms with van der Waals surface area (Å²) in [5.74, 6) is 0.939. The van der Waals surface area contributed by atoms with E-state index >= 15 is 0 Å². The van der Waals surface area contributed by atoms with Crippen LogP contribution in [0.5, 0.6) is 5.75 Å². The number of aryl methyl sites for hydroxylation is 1. The highest BCUT2D eigenvalue weighted by atomic mass is 16.5. The van der Waals surface area contributed by atoms with E-state index in [2.05, 4.69) is 22.4 Å². The fourth-order valence-corrected chi connectivity index (χ4v) is 4.23. The third-order valence-corrected chi connectivity index (χ3v) is 6.04. The van der Waals surface area contributed by atoms with Crippen molar-refractivity contribution in [3.05, 3.63) is 65.4 Å². The minimum Gasteiger partial charge on any atom is -0.497 e. The Kier molecular flexibility index (Phi) is 6.26. The van der Waals surface area contributed by atoms with Crippen LogP contribution in [-0.2, 0) is 22.6 Å². The summed E-state index contributed by atoms with van der Waals surface area (Å²) in [6.07, 6.45) is 4.31. The van der Waals surface area contributed by atoms with Gasteiger partial charge in [-0.25, -0.2) is 0 Å². The van der Waals surface area contributed by atoms with Crippen molar-refractivity contribution in [1.29, 1.82) is 0 Å². The van der Waals surface area contributed by atoms with Gasteiger partial charge >= 0.3 is 0 Å². The van der Waals surface area contributed by atoms with Crippen molar-refractivity contribution in [2.75, 3.05) is 13.7 Å². The quantitative estimate of drug-likeness (QED) is 0.584. The third-order valence-electron chi connectivity index (χ3n) is 6.04. The fourth-order valence-electron chi connectivity index (χ4n) is 4.23. The van der Waals surface area contributed by atoms with Gasteiger partial charge in [0, 0.05) is 49.1 Å². The lowest BCUT2D eigenvalue weighted by Crippen LogP contribution is -2.37. The maximum Gasteiger partial charge on any atom is 0.223 e. The van der Waals surface area contributed by atoms with Gasteiger partial charge < -0.3 is 19.9 Å². The SMILES string of the molecule is COc1ccc2[nH]cc(CCNC(=O)CC3CCC(=O)N3Cc3ccc(C)cc3)c2c1. The number of amides is 2. The van der Waals surface area contributed by atoms with Gasteiger partial charge in [-0.15, -0.1) is 0 Å². The number of aromatic amines is 1. The van der Waals surface area contributed by atoms with Gasteiger partial charge in [0.1, 0.15) is 5.75 Å². The highest BCUT2D eigenvalue weighted by molar-refractivity contribution is 5.85. The van der Waals surface area contributed by atoms with Gasteiger partial charge in [0.15, 0.2) is 0 Å². The molecule has 0 saturated carbocycles. The van der Waals surface area contributed by atoms with Crippen LogP contribution in [0, 0.1) is 6.92 Å². The second kappa shape index (κ2) is 9.25. The predicted octanol–water partition coefficient (Wildman–Crippen LogP) is 3.72. The number of benzene rings is 2. The summed E-state index contributed by atoms with van der Waals surface area (Å²) < 4.78 is 5.31. The molecule has 0 radical (unpaired) electrons. The number of aromatic nitrogens is 1. The first-order valence-corrected chi connectivity index (χ1v) is 10.8. The molecule has 2 amide bonds. The predicted molar refractivity (Wildman–Crippen MR) is 121 cm³/mol. The molecule has 1 aromatic heterocycles. The molecule has 162 valence electrons. The number of rotatable bonds is 8. The molecule has 6 heteroatoms. The average Bonchev–Trinajstić information content (AvgIpc) is 3.33. The molecule has 2 N–H and O–H groups in total. The molecule has 6 nitrogen and oxygen atoms in total. The maximum absolute atomic E-state index is 12.6. The Hall–Kier alpha value is -3.28. The number of nitrogens with zero attached hydrogens (tertiary/aromatic N) is 1. The first-order valence-electron chi connectivity index (χ1n) is 10.8. The summed E-state index contributed by atoms with van der Waals surface area (Å²) in [6.45, 7) is 3.17. The molecule has 1 atom stereocenters. The first-order chi connectivity index (χ1) is 15.0. The maximum atomic E-state index is 12.6. The third kappa shape index (κ3) is 4.90. The zero-order valence-corrected chi connectivity index (χ0v) is 18.1. The van der Waals surface area contributed by atoms with Crippen molar-refractivity contribution in [2.24, 2.45) is 0 Å². The Labute approximate surface area is 182 Å². The van der Waals surface area contributed by atoms with Crippen LogP contribution in [0.3, 0.4) is 0 Å². The molecule has 2 aromatic carbocycles. The Morgan fingerprint density at radius 3 is 2.81 bits per heavy atom. The van der Waals surface area contributed by atoms with Crippen molar-refractivity contribution in [3.63, 3.8) is 0 Å². The monoisotopic (exact) mass is 419 g/mol. The molecule has 1 unspecified atom stereocenters. The molecular weight excluding hydrogens is 390 g/mol. The Morgan fingerprint density at radius 1 is 1.23 bits per heavy atom. The number of likely N-dealkylation sites (tertiary alicyclic amines) is 1. The van der Waals surface area contributed by atoms with E-state index in [-0.39, 0.29) is 17.9 Å². The second-order valence-corrected chi connectivity index (χ2v) is 8.23. The van der Waals surface area contributed by atoms with Gasteiger partial charge in [0.2, 0.25) is 11.8 Å². The number of nitrogens with one attached hydrogen (secondary N) is 2. The van der Waals surface area contributed by atoms with E-state index < -0.39 is 0 Å². The summed E-state index contributed by atoms with van der Waals surface area (Å²) in [5, 5.41) is 4.14. The molecule has 4 rings (SSSR count). The van der Waals surface area contributed by atoms with Crippen LogP contribution < -0.4 is 10.1 Å². The molecule has 31 heavy (non-hydrogen) atoms. The van der Waals surface area contributed by atoms with E-state index in [4.69, 9.17) is 4.74 Å². The van der Waals surface area contributed by atoms with Crippen LogP contribution in [-0.4, -0.2) is 41.4 Å². The lowest BCUT2D eigenvalue weighted by Gasteiger charge is -2.24. The van der Waals surface area contributed by atoms with Gasteiger partial charge in [-0.05, 0) is 49.1 Å². The molecule has 1 aliphatic heterocycles. The number of fused-ring (bicyclic) bond motifs is 1. The van der Waals surface area contributed by atoms with Crippen molar-refractivity contribution in [3.8, 4) is 5.75 Å². The summed E-state index contributed by atoms with van der Waals surface area (Å²) in [6, 6.07) is 14.1. The van der Waals surface area contributed by atoms with Crippen LogP contribution in [0.25, 0.3) is 10.9 Å². The lowest BCUT2D eigenvalue weighted by molar-refractivity contribution is -0.130. The molecular formula is C25H29N3O3. The standard InChI is InChI=1S/C25H29N3O3/c1-17-3-5-18(6-4-17)16-28-20(7-10-25(28)30)13-24(29)26-12-11-19-15-27-23-9-8-21(31-2)14-22(19)23/h3-6,8-9,14-15,20,27H,7,10-13,16H2,1-2H3,(H,26,29). The second-order valence-electron chi connectivity index (χ2n) is 8.23. The highest BCUT2D eigenvalue weighted by Crippen LogP contribution is 2.25. The van der Waals surface area contributed by atoms with Crippen molar-refractivity contribution in [1.82, 2.24) is 15.2 Å². The smallest absolute Gasteiger partial charge is 0.223 e. The van der Waals surface area contributed by atoms with Crippen LogP contribution in [0.1, 0.15) is 36.0 Å². The van der Waals surface area contributed by atoms with E-state index in [1.807, 2.05) is 48.4 Å². The molecule has 3 aromatic rings. The Morgan fingerprint density at radius 2 is 2.03 bits per heavy atom. The number of ether oxygens (including phenoxy) is 1. The lowest BCUT2D eigenvalue weighted by atomic mass is 10.1. The van der Waals surface area contributed by atoms with Crippen LogP contribution >= 0.6 is 0 Å². The minimum absolute atomic E-state index is 0.00831. The number of hydrogen-bond acceptors (Lipinski definition) is 3. The van der Waals surface area contributed by atoms with Crippen LogP contribution in [0.15, 0.2) is 48.7 Å². The number of carbonyl (C=O) groups excluding carboxylic acids is 2. The van der Waals surface area contributed by atoms with E-state index in [1.165, 1.54) is 5.56 Å². The average molecular weight is 420 g/mol. The van der Waals surface area contributed by atoms with Gasteiger partial charge in [-0.1, -0.05) is 29.8 Å². The zero-order valence-electron chi connectivity index (χ0n) is 18.1. The molecule has 0 aliphatic carbocycles. The van der Waals surface area contributed by atoms with Crippen molar-refractivity contribution >= 4 is 22.7 Å². The topological polar surface area (TPSA) is 74.4 Å². The summed E-state index contributed by atoms with van der Waals surface area (Å²) in [5.41, 5.74) is 4.49. The van der Waals surface area contributed by atoms with Crippen LogP contribution in [0.2, 0.25) is 0 Å². The zero-order chi connectivity index (χ0) is 21.8. The summed E-state index contributed by atoms with van der Waals surface area (Å²) >= 11 is 0. The number of methoxy groups -OCH3 is 1. The number of H-pyrrole nitrogens is 1. The normalized spacial score (nSPS) is 16.1. The highest BCUT2D eigenvalue weighted by Gasteiger charge is 2.32. The molecule has 1 aliphatic rings. The molecule has 0 bridgehead atoms. The summed E-state index contributed by atoms with van der Waals surface area (Å²) in [7, 11) is 1.66. The number of carbonyl (C=O) groups is 2. The van der Waals surface area contributed by atoms with E-state index in [1.54, 1.807) is 7.11 Å². The summed E-state index contributed by atoms with van der Waals surface area (Å²) in [4.78, 5) is 30.0. The molecule has 2 heterocycles. The van der Waals surface area contributed by atoms with Crippen molar-refractivity contribution in [2.45, 2.75) is 45.2 Å². The van der Waals surface area contributed by atoms with E-state index in [0.29, 0.717) is 25.9 Å². The molecule has 1 fully saturated rings. The van der Waals surface area contributed by atoms with Gasteiger partial charge in [-0.3, -0.25) is 9.59 Å². The fraction of sp³-hybridized carbons (Fsp3) is 0.360. The Bertz CT molecular complexity index is 1070. The Balaban J connectivity index is 1.31. The van der Waals surface area contributed by atoms with E-state index in [0.717, 1.165) is 40.6 Å². The van der Waals surface area contributed by atoms with Gasteiger partial charge in [-0.2, -0.15) is 0 Å². The molecule has 1 saturated heterocycles. The van der Waals surface area contributed by atoms with Crippen molar-refractivity contribution < 1.29 is 14.3 Å². The van der Waals surface area contributed by atoms with Crippen LogP contribution in [0.4, 0.5) is 0 Å². The largest absolute Gasteiger partial charge is 0.497 e. The minimum atomic E-state index is -0.0360. The number of hydrogen-bond donors (Lipinski definition) is 2.